The Labute approximate surface area is 201 Å². The first-order valence-electron chi connectivity index (χ1n) is 10.1. The summed E-state index contributed by atoms with van der Waals surface area (Å²) in [5.41, 5.74) is 2.24. The van der Waals surface area contributed by atoms with Gasteiger partial charge in [-0.05, 0) is 54.9 Å². The van der Waals surface area contributed by atoms with E-state index in [2.05, 4.69) is 23.7 Å². The molecule has 1 aromatic carbocycles. The number of thiazole rings is 1. The van der Waals surface area contributed by atoms with Gasteiger partial charge in [0.15, 0.2) is 10.0 Å². The third-order valence-corrected chi connectivity index (χ3v) is 8.15. The minimum Gasteiger partial charge on any atom is -0.476 e. The molecule has 1 aliphatic carbocycles. The molecule has 0 saturated heterocycles. The molecule has 1 aliphatic rings. The number of hydrogen-bond acceptors (Lipinski definition) is 5. The summed E-state index contributed by atoms with van der Waals surface area (Å²) in [4.78, 5) is 15.1. The molecule has 0 spiro atoms. The van der Waals surface area contributed by atoms with Crippen molar-refractivity contribution < 1.29 is 15.0 Å². The first-order valence-corrected chi connectivity index (χ1v) is 12.8. The summed E-state index contributed by atoms with van der Waals surface area (Å²) in [6.45, 7) is 3.77. The van der Waals surface area contributed by atoms with Gasteiger partial charge in [0.1, 0.15) is 0 Å². The third-order valence-electron chi connectivity index (χ3n) is 5.38. The molecule has 0 unspecified atom stereocenters. The van der Waals surface area contributed by atoms with Crippen LogP contribution in [0, 0.1) is 11.8 Å². The molecule has 1 heterocycles. The molecule has 1 saturated carbocycles. The van der Waals surface area contributed by atoms with E-state index in [1.54, 1.807) is 5.38 Å². The lowest BCUT2D eigenvalue weighted by atomic mass is 9.91. The van der Waals surface area contributed by atoms with Crippen LogP contribution >= 0.6 is 46.3 Å². The van der Waals surface area contributed by atoms with Crippen LogP contribution in [0.5, 0.6) is 0 Å². The first kappa shape index (κ1) is 24.3. The van der Waals surface area contributed by atoms with Crippen molar-refractivity contribution in [3.63, 3.8) is 0 Å². The van der Waals surface area contributed by atoms with Gasteiger partial charge in [0.05, 0.1) is 6.10 Å². The number of thioether (sulfide) groups is 1. The average Bonchev–Trinajstić information content (AvgIpc) is 3.29. The number of halogens is 2. The molecule has 1 aromatic heterocycles. The van der Waals surface area contributed by atoms with Gasteiger partial charge >= 0.3 is 5.97 Å². The lowest BCUT2D eigenvalue weighted by molar-refractivity contribution is 0.0691. The quantitative estimate of drug-likeness (QED) is 0.225. The Bertz CT molecular complexity index is 947. The first-order chi connectivity index (χ1) is 14.9. The molecular weight excluding hydrogens is 473 g/mol. The highest BCUT2D eigenvalue weighted by atomic mass is 35.5. The normalized spacial score (nSPS) is 23.5. The number of benzene rings is 1. The zero-order chi connectivity index (χ0) is 22.4. The highest BCUT2D eigenvalue weighted by Crippen LogP contribution is 2.40. The Kier molecular flexibility index (Phi) is 9.05. The van der Waals surface area contributed by atoms with E-state index in [1.807, 2.05) is 24.3 Å². The summed E-state index contributed by atoms with van der Waals surface area (Å²) in [6, 6.07) is 6.00. The number of aromatic nitrogens is 1. The van der Waals surface area contributed by atoms with Crippen LogP contribution in [0.2, 0.25) is 5.02 Å². The van der Waals surface area contributed by atoms with Crippen molar-refractivity contribution in [2.24, 2.45) is 11.8 Å². The molecule has 0 bridgehead atoms. The van der Waals surface area contributed by atoms with Crippen LogP contribution < -0.4 is 0 Å². The highest BCUT2D eigenvalue weighted by molar-refractivity contribution is 8.01. The summed E-state index contributed by atoms with van der Waals surface area (Å²) in [7, 11) is 0. The topological polar surface area (TPSA) is 70.4 Å². The van der Waals surface area contributed by atoms with E-state index in [1.165, 1.54) is 23.1 Å². The van der Waals surface area contributed by atoms with Crippen molar-refractivity contribution in [3.8, 4) is 0 Å². The predicted octanol–water partition coefficient (Wildman–Crippen LogP) is 6.41. The van der Waals surface area contributed by atoms with E-state index >= 15 is 0 Å². The van der Waals surface area contributed by atoms with Gasteiger partial charge in [-0.25, -0.2) is 9.78 Å². The Hall–Kier alpha value is -1.31. The Morgan fingerprint density at radius 3 is 2.90 bits per heavy atom. The van der Waals surface area contributed by atoms with E-state index in [4.69, 9.17) is 28.3 Å². The fourth-order valence-electron chi connectivity index (χ4n) is 3.84. The van der Waals surface area contributed by atoms with Crippen LogP contribution in [0.15, 0.2) is 46.6 Å². The SMILES string of the molecule is C=CCCc1cc(Cl)cc(C=C[C@H]2[C@@H](CCSc3nc(C(=O)O)cs3)[C@@H](Cl)C[C@H]2O)c1. The predicted molar refractivity (Wildman–Crippen MR) is 131 cm³/mol. The van der Waals surface area contributed by atoms with E-state index in [-0.39, 0.29) is 22.9 Å². The standard InChI is InChI=1S/C23H25Cl2NO3S2/c1-2-3-4-14-9-15(11-16(24)10-14)5-6-18-17(19(25)12-21(18)27)7-8-30-23-26-20(13-31-23)22(28)29/h2,5-6,9-11,13,17-19,21,27H,1,3-4,7-8,12H2,(H,28,29)/t17-,18+,19+,21-/m1/s1. The molecule has 0 aliphatic heterocycles. The number of aliphatic hydroxyl groups is 1. The number of aryl methyl sites for hydroxylation is 1. The number of carbonyl (C=O) groups is 1. The number of nitrogens with zero attached hydrogens (tertiary/aromatic N) is 1. The maximum atomic E-state index is 11.0. The molecule has 8 heteroatoms. The molecule has 1 fully saturated rings. The summed E-state index contributed by atoms with van der Waals surface area (Å²) in [5.74, 6) is -0.148. The molecule has 3 rings (SSSR count). The molecule has 0 amide bonds. The second-order valence-electron chi connectivity index (χ2n) is 7.58. The second kappa shape index (κ2) is 11.5. The minimum absolute atomic E-state index is 0.0374. The fourth-order valence-corrected chi connectivity index (χ4v) is 6.50. The van der Waals surface area contributed by atoms with Gasteiger partial charge in [0.2, 0.25) is 0 Å². The van der Waals surface area contributed by atoms with Crippen molar-refractivity contribution in [1.29, 1.82) is 0 Å². The summed E-state index contributed by atoms with van der Waals surface area (Å²) >= 11 is 15.7. The molecule has 2 N–H and O–H groups in total. The summed E-state index contributed by atoms with van der Waals surface area (Å²) in [6.07, 6.45) is 8.64. The number of aromatic carboxylic acids is 1. The van der Waals surface area contributed by atoms with Crippen LogP contribution in [0.25, 0.3) is 6.08 Å². The maximum absolute atomic E-state index is 11.0. The Balaban J connectivity index is 1.64. The monoisotopic (exact) mass is 497 g/mol. The van der Waals surface area contributed by atoms with Gasteiger partial charge in [0.25, 0.3) is 0 Å². The largest absolute Gasteiger partial charge is 0.476 e. The number of aliphatic hydroxyl groups excluding tert-OH is 1. The van der Waals surface area contributed by atoms with Crippen molar-refractivity contribution in [2.75, 3.05) is 5.75 Å². The molecule has 4 nitrogen and oxygen atoms in total. The van der Waals surface area contributed by atoms with Crippen molar-refractivity contribution >= 4 is 58.3 Å². The number of carboxylic acid groups (broad SMARTS) is 1. The highest BCUT2D eigenvalue weighted by Gasteiger charge is 2.39. The molecule has 31 heavy (non-hydrogen) atoms. The summed E-state index contributed by atoms with van der Waals surface area (Å²) < 4.78 is 0.736. The zero-order valence-electron chi connectivity index (χ0n) is 16.9. The van der Waals surface area contributed by atoms with E-state index in [0.29, 0.717) is 11.4 Å². The lowest BCUT2D eigenvalue weighted by Gasteiger charge is -2.20. The van der Waals surface area contributed by atoms with Gasteiger partial charge in [-0.2, -0.15) is 0 Å². The lowest BCUT2D eigenvalue weighted by Crippen LogP contribution is -2.19. The third kappa shape index (κ3) is 6.83. The van der Waals surface area contributed by atoms with Gasteiger partial charge < -0.3 is 10.2 Å². The molecule has 2 aromatic rings. The van der Waals surface area contributed by atoms with Crippen LogP contribution in [-0.4, -0.2) is 38.4 Å². The number of alkyl halides is 1. The van der Waals surface area contributed by atoms with Gasteiger partial charge in [-0.1, -0.05) is 47.7 Å². The summed E-state index contributed by atoms with van der Waals surface area (Å²) in [5, 5.41) is 21.7. The number of hydrogen-bond donors (Lipinski definition) is 2. The van der Waals surface area contributed by atoms with Crippen LogP contribution in [0.3, 0.4) is 0 Å². The van der Waals surface area contributed by atoms with Crippen molar-refractivity contribution in [3.05, 3.63) is 64.2 Å². The zero-order valence-corrected chi connectivity index (χ0v) is 20.1. The van der Waals surface area contributed by atoms with E-state index in [9.17, 15) is 9.90 Å². The van der Waals surface area contributed by atoms with E-state index < -0.39 is 12.1 Å². The second-order valence-corrected chi connectivity index (χ2v) is 10.8. The van der Waals surface area contributed by atoms with Crippen LogP contribution in [-0.2, 0) is 6.42 Å². The van der Waals surface area contributed by atoms with Crippen LogP contribution in [0.1, 0.15) is 40.9 Å². The van der Waals surface area contributed by atoms with Crippen molar-refractivity contribution in [2.45, 2.75) is 41.5 Å². The minimum atomic E-state index is -1.01. The van der Waals surface area contributed by atoms with E-state index in [0.717, 1.165) is 40.5 Å². The maximum Gasteiger partial charge on any atom is 0.355 e. The fraction of sp³-hybridized carbons (Fsp3) is 0.391. The van der Waals surface area contributed by atoms with Gasteiger partial charge in [-0.15, -0.1) is 29.5 Å². The number of carboxylic acids is 1. The molecule has 166 valence electrons. The Morgan fingerprint density at radius 2 is 2.19 bits per heavy atom. The molecular formula is C23H25Cl2NO3S2. The van der Waals surface area contributed by atoms with Gasteiger partial charge in [-0.3, -0.25) is 0 Å². The Morgan fingerprint density at radius 1 is 1.39 bits per heavy atom. The molecule has 0 radical (unpaired) electrons. The number of allylic oxidation sites excluding steroid dienone is 1. The smallest absolute Gasteiger partial charge is 0.355 e. The van der Waals surface area contributed by atoms with Crippen molar-refractivity contribution in [1.82, 2.24) is 4.98 Å². The van der Waals surface area contributed by atoms with Gasteiger partial charge in [0, 0.05) is 27.5 Å². The van der Waals surface area contributed by atoms with Crippen LogP contribution in [0.4, 0.5) is 0 Å². The number of rotatable bonds is 10. The average molecular weight is 498 g/mol. The molecule has 4 atom stereocenters.